The summed E-state index contributed by atoms with van der Waals surface area (Å²) < 4.78 is 0. The molecule has 1 aromatic rings. The third kappa shape index (κ3) is 5.59. The summed E-state index contributed by atoms with van der Waals surface area (Å²) in [4.78, 5) is 10.3. The van der Waals surface area contributed by atoms with Gasteiger partial charge in [-0.25, -0.2) is 0 Å². The van der Waals surface area contributed by atoms with Crippen molar-refractivity contribution < 1.29 is 20.7 Å². The average Bonchev–Trinajstić information content (AvgIpc) is 2.22. The lowest BCUT2D eigenvalue weighted by molar-refractivity contribution is -0.372. The lowest BCUT2D eigenvalue weighted by Crippen LogP contribution is -2.51. The van der Waals surface area contributed by atoms with Gasteiger partial charge in [-0.3, -0.25) is 0 Å². The van der Waals surface area contributed by atoms with E-state index >= 15 is 0 Å². The van der Waals surface area contributed by atoms with E-state index in [1.807, 2.05) is 0 Å². The zero-order valence-corrected chi connectivity index (χ0v) is 9.38. The highest BCUT2D eigenvalue weighted by Gasteiger charge is 1.98. The number of hydrogen-bond donors (Lipinski definition) is 2. The van der Waals surface area contributed by atoms with Crippen LogP contribution >= 0.6 is 23.2 Å². The number of carboxylic acid groups (broad SMARTS) is 1. The summed E-state index contributed by atoms with van der Waals surface area (Å²) in [6.07, 6.45) is 0. The topological polar surface area (TPSA) is 88.0 Å². The summed E-state index contributed by atoms with van der Waals surface area (Å²) >= 11 is 11.1. The zero-order chi connectivity index (χ0) is 11.8. The number of aliphatic hydroxyl groups is 1. The molecule has 4 N–H and O–H groups in total. The summed E-state index contributed by atoms with van der Waals surface area (Å²) in [6.45, 7) is 0.833. The van der Waals surface area contributed by atoms with Crippen molar-refractivity contribution >= 4 is 29.2 Å². The molecule has 15 heavy (non-hydrogen) atoms. The number of rotatable bonds is 2. The smallest absolute Gasteiger partial charge is 0.0974 e. The van der Waals surface area contributed by atoms with Crippen LogP contribution < -0.4 is 10.8 Å². The molecule has 1 rings (SSSR count). The molecular weight excluding hydrogens is 241 g/mol. The fourth-order valence-corrected chi connectivity index (χ4v) is 0.921. The van der Waals surface area contributed by atoms with Gasteiger partial charge in [0.05, 0.1) is 29.2 Å². The summed E-state index contributed by atoms with van der Waals surface area (Å²) in [7, 11) is 0. The van der Waals surface area contributed by atoms with E-state index in [2.05, 4.69) is 5.73 Å². The predicted molar refractivity (Wildman–Crippen MR) is 55.6 cm³/mol. The Kier molecular flexibility index (Phi) is 7.07. The van der Waals surface area contributed by atoms with E-state index in [9.17, 15) is 9.90 Å². The number of aliphatic hydroxyl groups excluding tert-OH is 1. The molecule has 0 radical (unpaired) electrons. The molecule has 0 fully saturated rings. The molecular formula is C9H11Cl2NO3. The Balaban J connectivity index is 0.000000423. The number of carbonyl (C=O) groups is 1. The molecule has 0 aliphatic carbocycles. The quantitative estimate of drug-likeness (QED) is 0.749. The molecule has 0 heterocycles. The third-order valence-corrected chi connectivity index (χ3v) is 2.05. The van der Waals surface area contributed by atoms with Crippen molar-refractivity contribution in [3.63, 3.8) is 0 Å². The van der Waals surface area contributed by atoms with Gasteiger partial charge in [0, 0.05) is 0 Å². The van der Waals surface area contributed by atoms with Gasteiger partial charge in [0.1, 0.15) is 0 Å². The van der Waals surface area contributed by atoms with Gasteiger partial charge in [0.15, 0.2) is 0 Å². The maximum absolute atomic E-state index is 10.3. The molecule has 0 aliphatic rings. The second kappa shape index (κ2) is 7.48. The maximum atomic E-state index is 10.3. The van der Waals surface area contributed by atoms with Crippen LogP contribution in [0.3, 0.4) is 0 Å². The van der Waals surface area contributed by atoms with Crippen LogP contribution in [0.5, 0.6) is 0 Å². The highest BCUT2D eigenvalue weighted by molar-refractivity contribution is 6.42. The highest BCUT2D eigenvalue weighted by atomic mass is 35.5. The van der Waals surface area contributed by atoms with E-state index in [1.165, 1.54) is 18.2 Å². The molecule has 84 valence electrons. The lowest BCUT2D eigenvalue weighted by atomic mass is 10.2. The van der Waals surface area contributed by atoms with E-state index in [0.717, 1.165) is 0 Å². The SMILES string of the molecule is O=C([O-])c1ccc(Cl)c(Cl)c1.[NH3+]CCO. The average molecular weight is 252 g/mol. The fourth-order valence-electron chi connectivity index (χ4n) is 0.623. The van der Waals surface area contributed by atoms with Crippen LogP contribution in [0, 0.1) is 0 Å². The summed E-state index contributed by atoms with van der Waals surface area (Å²) in [5.74, 6) is -1.26. The number of carboxylic acids is 1. The molecule has 4 nitrogen and oxygen atoms in total. The molecule has 0 bridgehead atoms. The van der Waals surface area contributed by atoms with Gasteiger partial charge in [0.2, 0.25) is 0 Å². The number of benzene rings is 1. The molecule has 0 spiro atoms. The van der Waals surface area contributed by atoms with Crippen LogP contribution in [0.2, 0.25) is 10.0 Å². The first-order valence-electron chi connectivity index (χ1n) is 4.09. The fraction of sp³-hybridized carbons (Fsp3) is 0.222. The van der Waals surface area contributed by atoms with E-state index in [0.29, 0.717) is 11.6 Å². The summed E-state index contributed by atoms with van der Waals surface area (Å²) in [5, 5.41) is 18.6. The largest absolute Gasteiger partial charge is 0.545 e. The second-order valence-corrected chi connectivity index (χ2v) is 3.31. The van der Waals surface area contributed by atoms with E-state index in [4.69, 9.17) is 28.3 Å². The van der Waals surface area contributed by atoms with E-state index in [1.54, 1.807) is 0 Å². The first kappa shape index (κ1) is 14.2. The standard InChI is InChI=1S/C7H4Cl2O2.C2H7NO/c8-5-2-1-4(7(10)11)3-6(5)9;3-1-2-4/h1-3H,(H,10,11);4H,1-3H2. The lowest BCUT2D eigenvalue weighted by Gasteiger charge is -2.02. The van der Waals surface area contributed by atoms with Gasteiger partial charge < -0.3 is 20.7 Å². The van der Waals surface area contributed by atoms with Gasteiger partial charge in [-0.2, -0.15) is 0 Å². The van der Waals surface area contributed by atoms with Crippen molar-refractivity contribution in [2.24, 2.45) is 0 Å². The highest BCUT2D eigenvalue weighted by Crippen LogP contribution is 2.21. The Hall–Kier alpha value is -0.810. The minimum Gasteiger partial charge on any atom is -0.545 e. The van der Waals surface area contributed by atoms with Crippen LogP contribution in [-0.4, -0.2) is 24.2 Å². The maximum Gasteiger partial charge on any atom is 0.0974 e. The Morgan fingerprint density at radius 1 is 1.40 bits per heavy atom. The van der Waals surface area contributed by atoms with Crippen molar-refractivity contribution in [1.82, 2.24) is 0 Å². The predicted octanol–water partition coefficient (Wildman–Crippen LogP) is -0.423. The van der Waals surface area contributed by atoms with Crippen LogP contribution in [0.15, 0.2) is 18.2 Å². The van der Waals surface area contributed by atoms with E-state index < -0.39 is 5.97 Å². The monoisotopic (exact) mass is 251 g/mol. The van der Waals surface area contributed by atoms with Crippen molar-refractivity contribution in [3.05, 3.63) is 33.8 Å². The van der Waals surface area contributed by atoms with Gasteiger partial charge in [-0.15, -0.1) is 0 Å². The van der Waals surface area contributed by atoms with Gasteiger partial charge in [-0.05, 0) is 17.7 Å². The summed E-state index contributed by atoms with van der Waals surface area (Å²) in [6, 6.07) is 4.00. The molecule has 0 aromatic heterocycles. The Morgan fingerprint density at radius 3 is 2.27 bits per heavy atom. The Bertz CT molecular complexity index is 329. The van der Waals surface area contributed by atoms with Gasteiger partial charge in [0.25, 0.3) is 0 Å². The second-order valence-electron chi connectivity index (χ2n) is 2.49. The molecule has 0 saturated carbocycles. The van der Waals surface area contributed by atoms with Crippen molar-refractivity contribution in [2.45, 2.75) is 0 Å². The molecule has 1 aromatic carbocycles. The van der Waals surface area contributed by atoms with Crippen molar-refractivity contribution in [1.29, 1.82) is 0 Å². The van der Waals surface area contributed by atoms with Gasteiger partial charge >= 0.3 is 0 Å². The molecule has 0 atom stereocenters. The molecule has 6 heteroatoms. The molecule has 0 unspecified atom stereocenters. The van der Waals surface area contributed by atoms with E-state index in [-0.39, 0.29) is 17.2 Å². The first-order chi connectivity index (χ1) is 7.02. The Labute approximate surface area is 97.2 Å². The van der Waals surface area contributed by atoms with Gasteiger partial charge in [-0.1, -0.05) is 29.3 Å². The first-order valence-corrected chi connectivity index (χ1v) is 4.85. The minimum absolute atomic E-state index is 0.0272. The van der Waals surface area contributed by atoms with Crippen LogP contribution in [0.1, 0.15) is 10.4 Å². The van der Waals surface area contributed by atoms with Crippen LogP contribution in [-0.2, 0) is 0 Å². The zero-order valence-electron chi connectivity index (χ0n) is 7.87. The Morgan fingerprint density at radius 2 is 1.93 bits per heavy atom. The van der Waals surface area contributed by atoms with Crippen molar-refractivity contribution in [2.75, 3.05) is 13.2 Å². The number of hydrogen-bond acceptors (Lipinski definition) is 3. The molecule has 0 aliphatic heterocycles. The number of carbonyl (C=O) groups excluding carboxylic acids is 1. The number of aromatic carboxylic acids is 1. The normalized spacial score (nSPS) is 9.07. The van der Waals surface area contributed by atoms with Crippen LogP contribution in [0.25, 0.3) is 0 Å². The molecule has 0 amide bonds. The summed E-state index contributed by atoms with van der Waals surface area (Å²) in [5.41, 5.74) is 3.38. The minimum atomic E-state index is -1.26. The third-order valence-electron chi connectivity index (χ3n) is 1.31. The van der Waals surface area contributed by atoms with Crippen LogP contribution in [0.4, 0.5) is 0 Å². The molecule has 0 saturated heterocycles. The number of quaternary nitrogens is 1. The number of halogens is 2. The van der Waals surface area contributed by atoms with Crippen molar-refractivity contribution in [3.8, 4) is 0 Å².